The molecule has 0 amide bonds. The summed E-state index contributed by atoms with van der Waals surface area (Å²) in [6, 6.07) is 27.3. The van der Waals surface area contributed by atoms with Gasteiger partial charge in [-0.15, -0.1) is 6.61 Å². The van der Waals surface area contributed by atoms with Gasteiger partial charge in [0.2, 0.25) is 0 Å². The van der Waals surface area contributed by atoms with Gasteiger partial charge in [-0.3, -0.25) is 29.1 Å². The molecular weight excluding hydrogens is 1160 g/mol. The first-order chi connectivity index (χ1) is 32.8. The number of methoxy groups -OCH3 is 3. The number of aromatic amines is 1. The Morgan fingerprint density at radius 1 is 0.667 bits per heavy atom. The normalized spacial score (nSPS) is 9.53. The Bertz CT molecular complexity index is 2950. The average molecular weight is 1210 g/mol. The fraction of sp³-hybridized carbons (Fsp3) is 0.180. The SMILES string of the molecule is C.CC[O-].COc1ccc(-c2cc3ncc(Br)cc3c(=O)[nH]2)cc1.COc1ccc(C(=O)CC(C)=O)cc1.COc1ccc(C(=O)Cc2ncc(Br)cc2C(=O)O)cc1.N.O=C(O)c1cc(Br)cnc1Cl.[Na+]. The maximum absolute atomic E-state index is 12.2. The second-order valence-corrected chi connectivity index (χ2v) is 16.8. The average Bonchev–Trinajstić information content (AvgIpc) is 3.33. The van der Waals surface area contributed by atoms with Crippen molar-refractivity contribution in [1.29, 1.82) is 0 Å². The number of carboxylic acids is 2. The van der Waals surface area contributed by atoms with Crippen molar-refractivity contribution in [2.45, 2.75) is 34.1 Å². The van der Waals surface area contributed by atoms with E-state index >= 15 is 0 Å². The predicted octanol–water partition coefficient (Wildman–Crippen LogP) is 7.56. The summed E-state index contributed by atoms with van der Waals surface area (Å²) >= 11 is 15.0. The minimum absolute atomic E-state index is 0. The first kappa shape index (κ1) is 66.3. The van der Waals surface area contributed by atoms with E-state index in [4.69, 9.17) is 41.1 Å². The van der Waals surface area contributed by atoms with E-state index in [-0.39, 0.29) is 107 Å². The maximum Gasteiger partial charge on any atom is 1.00 e. The molecule has 22 heteroatoms. The number of pyridine rings is 4. The fourth-order valence-electron chi connectivity index (χ4n) is 5.54. The molecule has 0 bridgehead atoms. The van der Waals surface area contributed by atoms with Crippen LogP contribution in [0.1, 0.15) is 74.8 Å². The largest absolute Gasteiger partial charge is 1.00 e. The summed E-state index contributed by atoms with van der Waals surface area (Å²) in [5.74, 6) is -0.533. The van der Waals surface area contributed by atoms with Gasteiger partial charge in [0.25, 0.3) is 5.56 Å². The number of carbonyl (C=O) groups is 5. The van der Waals surface area contributed by atoms with Crippen LogP contribution in [0.2, 0.25) is 5.15 Å². The molecule has 0 aliphatic heterocycles. The van der Waals surface area contributed by atoms with Crippen molar-refractivity contribution in [3.63, 3.8) is 0 Å². The van der Waals surface area contributed by atoms with Crippen LogP contribution in [0, 0.1) is 0 Å². The third-order valence-electron chi connectivity index (χ3n) is 8.82. The second-order valence-electron chi connectivity index (χ2n) is 13.7. The number of rotatable bonds is 12. The molecule has 4 heterocycles. The molecule has 7 rings (SSSR count). The van der Waals surface area contributed by atoms with Crippen LogP contribution in [-0.2, 0) is 11.2 Å². The van der Waals surface area contributed by atoms with Crippen LogP contribution in [0.15, 0.2) is 134 Å². The topological polar surface area (TPSA) is 283 Å². The first-order valence-electron chi connectivity index (χ1n) is 20.0. The Morgan fingerprint density at radius 2 is 1.08 bits per heavy atom. The molecule has 3 aromatic carbocycles. The molecule has 0 saturated heterocycles. The molecule has 0 saturated carbocycles. The Morgan fingerprint density at radius 3 is 1.53 bits per heavy atom. The Labute approximate surface area is 468 Å². The number of fused-ring (bicyclic) bond motifs is 1. The maximum atomic E-state index is 12.2. The molecule has 72 heavy (non-hydrogen) atoms. The number of aromatic nitrogens is 4. The number of ketones is 3. The Kier molecular flexibility index (Phi) is 31.2. The van der Waals surface area contributed by atoms with Crippen molar-refractivity contribution in [2.24, 2.45) is 0 Å². The Hall–Kier alpha value is -5.68. The summed E-state index contributed by atoms with van der Waals surface area (Å²) in [7, 11) is 4.72. The summed E-state index contributed by atoms with van der Waals surface area (Å²) in [5.41, 5.74) is 3.45. The van der Waals surface area contributed by atoms with Gasteiger partial charge >= 0.3 is 41.5 Å². The number of nitrogens with zero attached hydrogens (tertiary/aromatic N) is 3. The molecule has 0 radical (unpaired) electrons. The zero-order valence-electron chi connectivity index (χ0n) is 39.1. The molecule has 0 unspecified atom stereocenters. The number of Topliss-reactive ketones (excluding diaryl/α,β-unsaturated/α-hetero) is 3. The third-order valence-corrected chi connectivity index (χ3v) is 10.4. The molecule has 17 nitrogen and oxygen atoms in total. The van der Waals surface area contributed by atoms with Crippen LogP contribution in [0.3, 0.4) is 0 Å². The monoisotopic (exact) mass is 1210 g/mol. The number of H-pyrrole nitrogens is 1. The fourth-order valence-corrected chi connectivity index (χ4v) is 6.72. The number of hydrogen-bond donors (Lipinski definition) is 4. The van der Waals surface area contributed by atoms with E-state index in [1.165, 1.54) is 31.5 Å². The van der Waals surface area contributed by atoms with Gasteiger partial charge in [-0.2, -0.15) is 0 Å². The van der Waals surface area contributed by atoms with Gasteiger partial charge in [0.05, 0.1) is 67.6 Å². The molecule has 4 aromatic heterocycles. The second kappa shape index (κ2) is 33.9. The van der Waals surface area contributed by atoms with Crippen molar-refractivity contribution in [2.75, 3.05) is 27.9 Å². The van der Waals surface area contributed by atoms with Crippen LogP contribution in [-0.4, -0.2) is 87.4 Å². The standard InChI is InChI=1S/C15H11BrN2O2.C15H12BrNO4.C11H12O3.C6H3BrClNO2.C2H5O.CH4.H3N.Na/c1-20-11-4-2-9(3-5-11)13-7-14-12(15(19)18-13)6-10(16)8-17-14;1-21-11-4-2-9(3-5-11)14(18)7-13-12(15(19)20)6-10(16)8-17-13;1-8(12)7-11(13)9-3-5-10(14-2)6-4-9;7-3-1-4(6(10)11)5(8)9-2-3;1-2-3;;;/h2-8H,1H3,(H,18,19);2-6,8H,7H2,1H3,(H,19,20);3-6H,7H2,1-2H3;1-2H,(H,10,11);2H2,1H3;1H4;1H3;/q;;;;-1;;;+1. The van der Waals surface area contributed by atoms with E-state index in [1.54, 1.807) is 89.0 Å². The van der Waals surface area contributed by atoms with Crippen LogP contribution in [0.4, 0.5) is 0 Å². The van der Waals surface area contributed by atoms with Gasteiger partial charge in [-0.1, -0.05) is 26.0 Å². The molecule has 0 aliphatic rings. The number of ether oxygens (including phenoxy) is 3. The van der Waals surface area contributed by atoms with Crippen LogP contribution < -0.4 is 60.6 Å². The quantitative estimate of drug-likeness (QED) is 0.0397. The number of benzene rings is 3. The minimum Gasteiger partial charge on any atom is -0.855 e. The molecule has 0 aliphatic carbocycles. The molecule has 7 aromatic rings. The number of aromatic carboxylic acids is 2. The van der Waals surface area contributed by atoms with Crippen molar-refractivity contribution >= 4 is 99.6 Å². The molecule has 0 fully saturated rings. The van der Waals surface area contributed by atoms with E-state index in [1.807, 2.05) is 30.3 Å². The Balaban J connectivity index is 0.000000927. The summed E-state index contributed by atoms with van der Waals surface area (Å²) in [5, 5.41) is 27.2. The van der Waals surface area contributed by atoms with E-state index in [2.05, 4.69) is 67.7 Å². The van der Waals surface area contributed by atoms with Gasteiger partial charge in [0.1, 0.15) is 28.2 Å². The number of nitrogens with one attached hydrogen (secondary N) is 1. The van der Waals surface area contributed by atoms with Crippen LogP contribution >= 0.6 is 59.4 Å². The molecular formula is C50H50Br3ClN5NaO12. The first-order valence-corrected chi connectivity index (χ1v) is 22.8. The number of carbonyl (C=O) groups excluding carboxylic acids is 3. The molecule has 6 N–H and O–H groups in total. The molecule has 0 atom stereocenters. The van der Waals surface area contributed by atoms with E-state index < -0.39 is 11.9 Å². The summed E-state index contributed by atoms with van der Waals surface area (Å²) in [4.78, 5) is 82.8. The predicted molar refractivity (Wildman–Crippen MR) is 281 cm³/mol. The van der Waals surface area contributed by atoms with Crippen LogP contribution in [0.5, 0.6) is 17.2 Å². The van der Waals surface area contributed by atoms with Gasteiger partial charge in [-0.05, 0) is 157 Å². The van der Waals surface area contributed by atoms with E-state index in [9.17, 15) is 28.8 Å². The molecule has 376 valence electrons. The molecule has 0 spiro atoms. The van der Waals surface area contributed by atoms with Crippen molar-refractivity contribution < 1.29 is 83.1 Å². The summed E-state index contributed by atoms with van der Waals surface area (Å²) in [6.45, 7) is 2.97. The van der Waals surface area contributed by atoms with E-state index in [0.717, 1.165) is 21.5 Å². The van der Waals surface area contributed by atoms with Crippen molar-refractivity contribution in [1.82, 2.24) is 26.1 Å². The zero-order chi connectivity index (χ0) is 51.2. The van der Waals surface area contributed by atoms with Gasteiger partial charge < -0.3 is 40.7 Å². The number of carboxylic acid groups (broad SMARTS) is 2. The minimum atomic E-state index is -1.11. The van der Waals surface area contributed by atoms with Crippen molar-refractivity contribution in [3.8, 4) is 28.5 Å². The van der Waals surface area contributed by atoms with Gasteiger partial charge in [0.15, 0.2) is 11.6 Å². The van der Waals surface area contributed by atoms with Crippen molar-refractivity contribution in [3.05, 3.63) is 173 Å². The number of halogens is 4. The summed E-state index contributed by atoms with van der Waals surface area (Å²) < 4.78 is 17.0. The number of hydrogen-bond acceptors (Lipinski definition) is 14. The summed E-state index contributed by atoms with van der Waals surface area (Å²) in [6.07, 6.45) is 4.49. The zero-order valence-corrected chi connectivity index (χ0v) is 46.6. The smallest absolute Gasteiger partial charge is 0.855 e. The third kappa shape index (κ3) is 21.6. The van der Waals surface area contributed by atoms with Crippen LogP contribution in [0.25, 0.3) is 22.2 Å². The van der Waals surface area contributed by atoms with Gasteiger partial charge in [-0.25, -0.2) is 14.6 Å². The van der Waals surface area contributed by atoms with Gasteiger partial charge in [0, 0.05) is 43.1 Å². The van der Waals surface area contributed by atoms with E-state index in [0.29, 0.717) is 42.5 Å².